The number of benzene rings is 5. The zero-order chi connectivity index (χ0) is 35.9. The lowest BCUT2D eigenvalue weighted by molar-refractivity contribution is -0.116. The fourth-order valence-electron chi connectivity index (χ4n) is 6.31. The summed E-state index contributed by atoms with van der Waals surface area (Å²) in [6.45, 7) is 0. The molecular formula is C43H34N4O3S2. The smallest absolute Gasteiger partial charge is 0.272 e. The number of nitriles is 1. The molecule has 1 aliphatic rings. The molecule has 0 saturated heterocycles. The first-order valence-electron chi connectivity index (χ1n) is 17.0. The average molecular weight is 719 g/mol. The molecule has 52 heavy (non-hydrogen) atoms. The minimum absolute atomic E-state index is 0.0803. The van der Waals surface area contributed by atoms with Crippen molar-refractivity contribution in [2.75, 3.05) is 10.6 Å². The minimum Gasteiger partial charge on any atom is -0.321 e. The Bertz CT molecular complexity index is 2340. The molecule has 1 aromatic heterocycles. The first-order valence-corrected chi connectivity index (χ1v) is 18.7. The number of carbonyl (C=O) groups excluding carboxylic acids is 3. The summed E-state index contributed by atoms with van der Waals surface area (Å²) >= 11 is 2.86. The number of amides is 3. The number of nitrogens with one attached hydrogen (secondary N) is 3. The van der Waals surface area contributed by atoms with Gasteiger partial charge in [-0.15, -0.1) is 23.1 Å². The second-order valence-electron chi connectivity index (χ2n) is 12.4. The van der Waals surface area contributed by atoms with Crippen molar-refractivity contribution in [2.24, 2.45) is 0 Å². The molecule has 7 rings (SSSR count). The van der Waals surface area contributed by atoms with Crippen molar-refractivity contribution in [1.29, 1.82) is 5.26 Å². The van der Waals surface area contributed by atoms with Gasteiger partial charge in [0.05, 0.1) is 5.56 Å². The number of thiophene rings is 1. The van der Waals surface area contributed by atoms with Gasteiger partial charge in [-0.05, 0) is 89.6 Å². The number of fused-ring (bicyclic) bond motifs is 2. The van der Waals surface area contributed by atoms with E-state index in [9.17, 15) is 19.6 Å². The SMILES string of the molecule is N#Cc1c(NC(=O)C(Sc2cccc(NC(=O)/C(=C\c3cccc4ccccc34)NC(=O)c3ccccc3)c2)c2ccccc2)sc2c1CCCC2. The molecule has 3 N–H and O–H groups in total. The van der Waals surface area contributed by atoms with E-state index in [1.807, 2.05) is 97.1 Å². The van der Waals surface area contributed by atoms with Crippen LogP contribution < -0.4 is 16.0 Å². The molecule has 7 nitrogen and oxygen atoms in total. The van der Waals surface area contributed by atoms with Crippen LogP contribution in [0.15, 0.2) is 138 Å². The summed E-state index contributed by atoms with van der Waals surface area (Å²) in [6.07, 6.45) is 5.59. The summed E-state index contributed by atoms with van der Waals surface area (Å²) < 4.78 is 0. The third-order valence-corrected chi connectivity index (χ3v) is 11.3. The highest BCUT2D eigenvalue weighted by molar-refractivity contribution is 8.00. The van der Waals surface area contributed by atoms with Crippen molar-refractivity contribution in [3.05, 3.63) is 166 Å². The van der Waals surface area contributed by atoms with E-state index in [2.05, 4.69) is 22.0 Å². The van der Waals surface area contributed by atoms with Crippen LogP contribution >= 0.6 is 23.1 Å². The number of hydrogen-bond donors (Lipinski definition) is 3. The predicted molar refractivity (Wildman–Crippen MR) is 210 cm³/mol. The summed E-state index contributed by atoms with van der Waals surface area (Å²) in [6, 6.07) is 41.5. The van der Waals surface area contributed by atoms with E-state index in [1.54, 1.807) is 36.4 Å². The van der Waals surface area contributed by atoms with Crippen molar-refractivity contribution >= 4 is 68.4 Å². The summed E-state index contributed by atoms with van der Waals surface area (Å²) in [4.78, 5) is 43.1. The van der Waals surface area contributed by atoms with Gasteiger partial charge in [0.1, 0.15) is 22.0 Å². The van der Waals surface area contributed by atoms with Crippen LogP contribution in [-0.4, -0.2) is 17.7 Å². The number of anilines is 2. The highest BCUT2D eigenvalue weighted by Gasteiger charge is 2.27. The highest BCUT2D eigenvalue weighted by atomic mass is 32.2. The van der Waals surface area contributed by atoms with Gasteiger partial charge in [0.15, 0.2) is 0 Å². The molecule has 0 radical (unpaired) electrons. The van der Waals surface area contributed by atoms with Crippen LogP contribution in [0.25, 0.3) is 16.8 Å². The van der Waals surface area contributed by atoms with Gasteiger partial charge in [-0.2, -0.15) is 5.26 Å². The highest BCUT2D eigenvalue weighted by Crippen LogP contribution is 2.41. The molecule has 5 aromatic carbocycles. The number of aryl methyl sites for hydroxylation is 1. The average Bonchev–Trinajstić information content (AvgIpc) is 3.54. The molecule has 1 aliphatic carbocycles. The number of thioether (sulfide) groups is 1. The largest absolute Gasteiger partial charge is 0.321 e. The lowest BCUT2D eigenvalue weighted by Gasteiger charge is -2.18. The van der Waals surface area contributed by atoms with Crippen molar-refractivity contribution in [2.45, 2.75) is 35.8 Å². The summed E-state index contributed by atoms with van der Waals surface area (Å²) in [7, 11) is 0. The molecule has 6 aromatic rings. The van der Waals surface area contributed by atoms with Crippen molar-refractivity contribution < 1.29 is 14.4 Å². The Morgan fingerprint density at radius 1 is 0.788 bits per heavy atom. The fraction of sp³-hybridized carbons (Fsp3) is 0.116. The van der Waals surface area contributed by atoms with E-state index in [0.717, 1.165) is 58.0 Å². The van der Waals surface area contributed by atoms with Gasteiger partial charge in [-0.1, -0.05) is 97.1 Å². The van der Waals surface area contributed by atoms with Gasteiger partial charge in [-0.3, -0.25) is 14.4 Å². The zero-order valence-corrected chi connectivity index (χ0v) is 29.7. The molecule has 0 saturated carbocycles. The van der Waals surface area contributed by atoms with Gasteiger partial charge < -0.3 is 16.0 Å². The van der Waals surface area contributed by atoms with Gasteiger partial charge in [0, 0.05) is 21.0 Å². The first kappa shape index (κ1) is 34.5. The zero-order valence-electron chi connectivity index (χ0n) is 28.1. The molecule has 0 fully saturated rings. The Balaban J connectivity index is 1.15. The molecule has 3 amide bonds. The van der Waals surface area contributed by atoms with E-state index < -0.39 is 17.1 Å². The summed E-state index contributed by atoms with van der Waals surface area (Å²) in [5.41, 5.74) is 4.23. The van der Waals surface area contributed by atoms with Gasteiger partial charge in [0.25, 0.3) is 11.8 Å². The monoisotopic (exact) mass is 718 g/mol. The Morgan fingerprint density at radius 3 is 2.31 bits per heavy atom. The molecule has 1 heterocycles. The fourth-order valence-corrected chi connectivity index (χ4v) is 8.63. The van der Waals surface area contributed by atoms with Crippen molar-refractivity contribution in [1.82, 2.24) is 5.32 Å². The van der Waals surface area contributed by atoms with E-state index in [-0.39, 0.29) is 11.6 Å². The summed E-state index contributed by atoms with van der Waals surface area (Å²) in [5, 5.41) is 20.8. The van der Waals surface area contributed by atoms with E-state index in [4.69, 9.17) is 0 Å². The number of hydrogen-bond acceptors (Lipinski definition) is 6. The lowest BCUT2D eigenvalue weighted by atomic mass is 9.96. The van der Waals surface area contributed by atoms with E-state index in [0.29, 0.717) is 21.8 Å². The molecule has 0 aliphatic heterocycles. The second-order valence-corrected chi connectivity index (χ2v) is 14.6. The van der Waals surface area contributed by atoms with E-state index in [1.165, 1.54) is 28.0 Å². The molecule has 256 valence electrons. The van der Waals surface area contributed by atoms with Crippen LogP contribution in [0.5, 0.6) is 0 Å². The maximum Gasteiger partial charge on any atom is 0.272 e. The Morgan fingerprint density at radius 2 is 1.50 bits per heavy atom. The van der Waals surface area contributed by atoms with Gasteiger partial charge in [0.2, 0.25) is 5.91 Å². The quantitative estimate of drug-likeness (QED) is 0.0966. The van der Waals surface area contributed by atoms with E-state index >= 15 is 0 Å². The minimum atomic E-state index is -0.634. The first-order chi connectivity index (χ1) is 25.5. The molecule has 9 heteroatoms. The maximum atomic E-state index is 14.0. The topological polar surface area (TPSA) is 111 Å². The third-order valence-electron chi connectivity index (χ3n) is 8.86. The molecule has 1 atom stereocenters. The number of rotatable bonds is 10. The van der Waals surface area contributed by atoms with Crippen LogP contribution in [0.2, 0.25) is 0 Å². The normalized spacial score (nSPS) is 13.0. The summed E-state index contributed by atoms with van der Waals surface area (Å²) in [5.74, 6) is -1.14. The molecule has 0 bridgehead atoms. The maximum absolute atomic E-state index is 14.0. The molecule has 1 unspecified atom stereocenters. The Kier molecular flexibility index (Phi) is 10.6. The number of nitrogens with zero attached hydrogens (tertiary/aromatic N) is 1. The second kappa shape index (κ2) is 15.9. The van der Waals surface area contributed by atoms with Crippen molar-refractivity contribution in [3.63, 3.8) is 0 Å². The lowest BCUT2D eigenvalue weighted by Crippen LogP contribution is -2.30. The van der Waals surface area contributed by atoms with Crippen LogP contribution in [0.4, 0.5) is 10.7 Å². The van der Waals surface area contributed by atoms with Crippen molar-refractivity contribution in [3.8, 4) is 6.07 Å². The standard InChI is InChI=1S/C43H34N4O3S2/c44-27-36-35-23-9-10-24-38(35)52-43(36)47-42(50)39(29-14-3-1-4-15-29)51-33-21-12-20-32(26-33)45-41(49)37(46-40(48)30-16-5-2-6-17-30)25-31-19-11-18-28-13-7-8-22-34(28)31/h1-8,11-22,25-26,39H,9-10,23-24H2,(H,45,49)(H,46,48)(H,47,50)/b37-25+. The molecule has 0 spiro atoms. The van der Waals surface area contributed by atoms with Crippen LogP contribution in [0, 0.1) is 11.3 Å². The van der Waals surface area contributed by atoms with Crippen LogP contribution in [-0.2, 0) is 22.4 Å². The van der Waals surface area contributed by atoms with Crippen LogP contribution in [0.1, 0.15) is 55.6 Å². The van der Waals surface area contributed by atoms with Crippen LogP contribution in [0.3, 0.4) is 0 Å². The molecular weight excluding hydrogens is 685 g/mol. The number of carbonyl (C=O) groups is 3. The Hall–Kier alpha value is -5.95. The Labute approximate surface area is 310 Å². The van der Waals surface area contributed by atoms with Gasteiger partial charge in [-0.25, -0.2) is 0 Å². The van der Waals surface area contributed by atoms with Gasteiger partial charge >= 0.3 is 0 Å². The third kappa shape index (κ3) is 7.84. The predicted octanol–water partition coefficient (Wildman–Crippen LogP) is 9.53.